The summed E-state index contributed by atoms with van der Waals surface area (Å²) in [5.41, 5.74) is 7.59. The van der Waals surface area contributed by atoms with Crippen LogP contribution in [0.15, 0.2) is 12.1 Å². The number of fused-ring (bicyclic) bond motifs is 3. The number of aryl methyl sites for hydroxylation is 2. The largest absolute Gasteiger partial charge is 0.347 e. The van der Waals surface area contributed by atoms with Crippen molar-refractivity contribution in [3.63, 3.8) is 0 Å². The van der Waals surface area contributed by atoms with Gasteiger partial charge in [0.1, 0.15) is 0 Å². The molecule has 2 aliphatic heterocycles. The third kappa shape index (κ3) is 2.70. The summed E-state index contributed by atoms with van der Waals surface area (Å²) in [6.45, 7) is 8.34. The summed E-state index contributed by atoms with van der Waals surface area (Å²) in [4.78, 5) is 5.08. The standard InChI is InChI=1S/C20H29N3/c1-15-12-16(6-11-23-8-4-5-9-23)20-17(13-15)18-14-21(2)10-7-19(18)22(20)3/h12-13H,4-11,14H2,1-3H3. The maximum Gasteiger partial charge on any atom is 0.0516 e. The Bertz CT molecular complexity index is 722. The molecule has 0 saturated carbocycles. The van der Waals surface area contributed by atoms with Crippen molar-refractivity contribution in [3.05, 3.63) is 34.5 Å². The van der Waals surface area contributed by atoms with Gasteiger partial charge in [0.2, 0.25) is 0 Å². The lowest BCUT2D eigenvalue weighted by Crippen LogP contribution is -2.26. The molecule has 0 unspecified atom stereocenters. The molecular formula is C20H29N3. The molecule has 4 rings (SSSR count). The Labute approximate surface area is 139 Å². The van der Waals surface area contributed by atoms with Gasteiger partial charge in [-0.05, 0) is 63.5 Å². The minimum atomic E-state index is 1.10. The summed E-state index contributed by atoms with van der Waals surface area (Å²) in [7, 11) is 4.52. The first-order valence-electron chi connectivity index (χ1n) is 9.14. The van der Waals surface area contributed by atoms with Crippen molar-refractivity contribution >= 4 is 10.9 Å². The molecule has 2 aromatic rings. The molecule has 1 fully saturated rings. The normalized spacial score (nSPS) is 19.6. The quantitative estimate of drug-likeness (QED) is 0.863. The fourth-order valence-electron chi connectivity index (χ4n) is 4.59. The van der Waals surface area contributed by atoms with Gasteiger partial charge in [0, 0.05) is 44.2 Å². The van der Waals surface area contributed by atoms with Crippen molar-refractivity contribution in [1.29, 1.82) is 0 Å². The number of aromatic nitrogens is 1. The lowest BCUT2D eigenvalue weighted by Gasteiger charge is -2.23. The number of hydrogen-bond acceptors (Lipinski definition) is 2. The summed E-state index contributed by atoms with van der Waals surface area (Å²) in [5, 5.41) is 1.51. The molecule has 1 aromatic carbocycles. The number of nitrogens with zero attached hydrogens (tertiary/aromatic N) is 3. The highest BCUT2D eigenvalue weighted by Gasteiger charge is 2.23. The summed E-state index contributed by atoms with van der Waals surface area (Å²) in [5.74, 6) is 0. The van der Waals surface area contributed by atoms with Crippen LogP contribution in [0.2, 0.25) is 0 Å². The van der Waals surface area contributed by atoms with E-state index in [9.17, 15) is 0 Å². The summed E-state index contributed by atoms with van der Waals surface area (Å²) < 4.78 is 2.50. The van der Waals surface area contributed by atoms with E-state index in [0.717, 1.165) is 6.54 Å². The highest BCUT2D eigenvalue weighted by Crippen LogP contribution is 2.33. The smallest absolute Gasteiger partial charge is 0.0516 e. The van der Waals surface area contributed by atoms with Crippen LogP contribution >= 0.6 is 0 Å². The summed E-state index contributed by atoms with van der Waals surface area (Å²) in [6, 6.07) is 4.83. The average molecular weight is 311 g/mol. The molecule has 0 N–H and O–H groups in total. The Morgan fingerprint density at radius 2 is 1.83 bits per heavy atom. The lowest BCUT2D eigenvalue weighted by atomic mass is 10.00. The van der Waals surface area contributed by atoms with Gasteiger partial charge in [0.05, 0.1) is 5.52 Å². The molecule has 124 valence electrons. The van der Waals surface area contributed by atoms with E-state index in [4.69, 9.17) is 0 Å². The number of likely N-dealkylation sites (N-methyl/N-ethyl adjacent to an activating group) is 1. The third-order valence-corrected chi connectivity index (χ3v) is 5.80. The van der Waals surface area contributed by atoms with Gasteiger partial charge >= 0.3 is 0 Å². The van der Waals surface area contributed by atoms with E-state index in [1.165, 1.54) is 68.3 Å². The molecule has 0 bridgehead atoms. The Morgan fingerprint density at radius 3 is 2.61 bits per heavy atom. The highest BCUT2D eigenvalue weighted by atomic mass is 15.1. The Hall–Kier alpha value is -1.32. The zero-order chi connectivity index (χ0) is 16.0. The zero-order valence-electron chi connectivity index (χ0n) is 14.9. The van der Waals surface area contributed by atoms with Gasteiger partial charge < -0.3 is 14.4 Å². The third-order valence-electron chi connectivity index (χ3n) is 5.80. The van der Waals surface area contributed by atoms with Gasteiger partial charge in [-0.25, -0.2) is 0 Å². The predicted octanol–water partition coefficient (Wildman–Crippen LogP) is 3.11. The van der Waals surface area contributed by atoms with Crippen LogP contribution in [-0.2, 0) is 26.4 Å². The van der Waals surface area contributed by atoms with Crippen LogP contribution in [0.25, 0.3) is 10.9 Å². The maximum absolute atomic E-state index is 2.63. The zero-order valence-corrected chi connectivity index (χ0v) is 14.9. The van der Waals surface area contributed by atoms with Crippen molar-refractivity contribution in [2.45, 2.75) is 39.2 Å². The van der Waals surface area contributed by atoms with Crippen LogP contribution in [0.3, 0.4) is 0 Å². The van der Waals surface area contributed by atoms with Crippen LogP contribution in [0, 0.1) is 6.92 Å². The van der Waals surface area contributed by atoms with Gasteiger partial charge in [-0.2, -0.15) is 0 Å². The van der Waals surface area contributed by atoms with Gasteiger partial charge in [-0.15, -0.1) is 0 Å². The summed E-state index contributed by atoms with van der Waals surface area (Å²) in [6.07, 6.45) is 5.13. The lowest BCUT2D eigenvalue weighted by molar-refractivity contribution is 0.310. The molecule has 0 amide bonds. The first kappa shape index (κ1) is 15.2. The fraction of sp³-hybridized carbons (Fsp3) is 0.600. The second-order valence-corrected chi connectivity index (χ2v) is 7.59. The highest BCUT2D eigenvalue weighted by molar-refractivity contribution is 5.89. The maximum atomic E-state index is 2.63. The molecule has 3 heteroatoms. The number of rotatable bonds is 3. The Kier molecular flexibility index (Phi) is 3.94. The first-order chi connectivity index (χ1) is 11.1. The van der Waals surface area contributed by atoms with Gasteiger partial charge in [0.15, 0.2) is 0 Å². The van der Waals surface area contributed by atoms with E-state index in [0.29, 0.717) is 0 Å². The number of benzene rings is 1. The topological polar surface area (TPSA) is 11.4 Å². The van der Waals surface area contributed by atoms with Crippen molar-refractivity contribution in [3.8, 4) is 0 Å². The van der Waals surface area contributed by atoms with Gasteiger partial charge in [-0.1, -0.05) is 11.6 Å². The molecule has 1 aromatic heterocycles. The predicted molar refractivity (Wildman–Crippen MR) is 97.1 cm³/mol. The molecule has 0 aliphatic carbocycles. The second-order valence-electron chi connectivity index (χ2n) is 7.59. The van der Waals surface area contributed by atoms with Crippen molar-refractivity contribution in [1.82, 2.24) is 14.4 Å². The van der Waals surface area contributed by atoms with Gasteiger partial charge in [-0.3, -0.25) is 0 Å². The van der Waals surface area contributed by atoms with E-state index in [2.05, 4.69) is 47.5 Å². The van der Waals surface area contributed by atoms with E-state index < -0.39 is 0 Å². The first-order valence-corrected chi connectivity index (χ1v) is 9.14. The molecule has 3 heterocycles. The van der Waals surface area contributed by atoms with Crippen LogP contribution in [0.1, 0.15) is 35.2 Å². The van der Waals surface area contributed by atoms with Gasteiger partial charge in [0.25, 0.3) is 0 Å². The minimum absolute atomic E-state index is 1.10. The summed E-state index contributed by atoms with van der Waals surface area (Å²) >= 11 is 0. The van der Waals surface area contributed by atoms with Crippen LogP contribution < -0.4 is 0 Å². The fourth-order valence-corrected chi connectivity index (χ4v) is 4.59. The van der Waals surface area contributed by atoms with Crippen LogP contribution in [0.4, 0.5) is 0 Å². The molecule has 2 aliphatic rings. The Morgan fingerprint density at radius 1 is 1.04 bits per heavy atom. The van der Waals surface area contributed by atoms with Crippen LogP contribution in [-0.4, -0.2) is 47.6 Å². The molecule has 0 radical (unpaired) electrons. The molecule has 23 heavy (non-hydrogen) atoms. The van der Waals surface area contributed by atoms with E-state index in [1.54, 1.807) is 16.8 Å². The number of hydrogen-bond donors (Lipinski definition) is 0. The van der Waals surface area contributed by atoms with Crippen molar-refractivity contribution in [2.24, 2.45) is 7.05 Å². The average Bonchev–Trinajstić information content (AvgIpc) is 3.13. The SMILES string of the molecule is Cc1cc(CCN2CCCC2)c2c(c1)c1c(n2C)CCN(C)C1. The van der Waals surface area contributed by atoms with Crippen molar-refractivity contribution < 1.29 is 0 Å². The molecular weight excluding hydrogens is 282 g/mol. The minimum Gasteiger partial charge on any atom is -0.347 e. The van der Waals surface area contributed by atoms with Crippen LogP contribution in [0.5, 0.6) is 0 Å². The molecule has 0 atom stereocenters. The Balaban J connectivity index is 1.75. The van der Waals surface area contributed by atoms with E-state index >= 15 is 0 Å². The van der Waals surface area contributed by atoms with Crippen molar-refractivity contribution in [2.75, 3.05) is 33.2 Å². The monoisotopic (exact) mass is 311 g/mol. The molecule has 3 nitrogen and oxygen atoms in total. The number of likely N-dealkylation sites (tertiary alicyclic amines) is 1. The van der Waals surface area contributed by atoms with E-state index in [-0.39, 0.29) is 0 Å². The second kappa shape index (κ2) is 5.95. The molecule has 0 spiro atoms. The molecule has 1 saturated heterocycles. The van der Waals surface area contributed by atoms with E-state index in [1.807, 2.05) is 0 Å².